The molecule has 0 bridgehead atoms. The van der Waals surface area contributed by atoms with Gasteiger partial charge in [0.1, 0.15) is 5.69 Å². The quantitative estimate of drug-likeness (QED) is 0.633. The molecule has 0 spiro atoms. The lowest BCUT2D eigenvalue weighted by Gasteiger charge is -2.26. The Bertz CT molecular complexity index is 548. The number of carbonyl (C=O) groups excluding carboxylic acids is 2. The zero-order valence-corrected chi connectivity index (χ0v) is 15.7. The van der Waals surface area contributed by atoms with Gasteiger partial charge < -0.3 is 16.0 Å². The van der Waals surface area contributed by atoms with Crippen LogP contribution < -0.4 is 11.1 Å². The zero-order valence-electron chi connectivity index (χ0n) is 14.8. The van der Waals surface area contributed by atoms with Gasteiger partial charge in [-0.2, -0.15) is 0 Å². The number of halogens is 1. The van der Waals surface area contributed by atoms with Gasteiger partial charge in [-0.15, -0.1) is 12.4 Å². The predicted octanol–water partition coefficient (Wildman–Crippen LogP) is 3.15. The van der Waals surface area contributed by atoms with Gasteiger partial charge in [0.25, 0.3) is 5.91 Å². The number of H-pyrrole nitrogens is 1. The monoisotopic (exact) mass is 343 g/mol. The molecule has 0 saturated carbocycles. The van der Waals surface area contributed by atoms with Crippen molar-refractivity contribution < 1.29 is 9.59 Å². The lowest BCUT2D eigenvalue weighted by Crippen LogP contribution is -2.49. The van der Waals surface area contributed by atoms with Crippen LogP contribution in [0, 0.1) is 6.92 Å². The molecular weight excluding hydrogens is 314 g/mol. The number of aromatic amines is 1. The Kier molecular flexibility index (Phi) is 8.56. The number of nitrogens with one attached hydrogen (secondary N) is 2. The van der Waals surface area contributed by atoms with E-state index in [1.165, 1.54) is 6.92 Å². The van der Waals surface area contributed by atoms with Crippen molar-refractivity contribution in [1.82, 2.24) is 10.3 Å². The van der Waals surface area contributed by atoms with Crippen molar-refractivity contribution in [3.63, 3.8) is 0 Å². The van der Waals surface area contributed by atoms with Crippen LogP contribution in [-0.2, 0) is 6.42 Å². The fourth-order valence-corrected chi connectivity index (χ4v) is 2.69. The summed E-state index contributed by atoms with van der Waals surface area (Å²) in [4.78, 5) is 27.4. The lowest BCUT2D eigenvalue weighted by molar-refractivity contribution is 0.0936. The molecule has 0 saturated heterocycles. The van der Waals surface area contributed by atoms with E-state index >= 15 is 0 Å². The first kappa shape index (κ1) is 21.7. The van der Waals surface area contributed by atoms with E-state index in [-0.39, 0.29) is 29.6 Å². The largest absolute Gasteiger partial charge is 0.354 e. The van der Waals surface area contributed by atoms with Crippen molar-refractivity contribution in [2.45, 2.75) is 65.8 Å². The lowest BCUT2D eigenvalue weighted by atomic mass is 9.94. The molecule has 0 radical (unpaired) electrons. The summed E-state index contributed by atoms with van der Waals surface area (Å²) in [6, 6.07) is 0. The van der Waals surface area contributed by atoms with E-state index in [2.05, 4.69) is 10.3 Å². The molecule has 6 heteroatoms. The first-order chi connectivity index (χ1) is 10.3. The van der Waals surface area contributed by atoms with Crippen LogP contribution in [0.2, 0.25) is 0 Å². The molecule has 1 heterocycles. The van der Waals surface area contributed by atoms with E-state index in [4.69, 9.17) is 5.73 Å². The normalized spacial score (nSPS) is 11.0. The first-order valence-corrected chi connectivity index (χ1v) is 8.09. The van der Waals surface area contributed by atoms with Gasteiger partial charge in [-0.1, -0.05) is 27.2 Å². The number of Topliss-reactive ketones (excluding diaryl/α,β-unsaturated/α-hetero) is 1. The molecule has 5 nitrogen and oxygen atoms in total. The Morgan fingerprint density at radius 2 is 1.78 bits per heavy atom. The molecule has 1 amide bonds. The molecule has 0 fully saturated rings. The Balaban J connectivity index is 0.00000484. The summed E-state index contributed by atoms with van der Waals surface area (Å²) in [5.74, 6) is -0.192. The Labute approximate surface area is 145 Å². The highest BCUT2D eigenvalue weighted by Gasteiger charge is 2.25. The molecule has 0 aromatic carbocycles. The molecule has 4 N–H and O–H groups in total. The number of nitrogens with two attached hydrogens (primary N) is 1. The van der Waals surface area contributed by atoms with Crippen LogP contribution in [0.25, 0.3) is 0 Å². The minimum Gasteiger partial charge on any atom is -0.354 e. The van der Waals surface area contributed by atoms with Crippen LogP contribution >= 0.6 is 12.4 Å². The summed E-state index contributed by atoms with van der Waals surface area (Å²) in [5, 5.41) is 2.91. The summed E-state index contributed by atoms with van der Waals surface area (Å²) < 4.78 is 0. The minimum atomic E-state index is -0.383. The van der Waals surface area contributed by atoms with Gasteiger partial charge in [-0.25, -0.2) is 0 Å². The maximum absolute atomic E-state index is 12.5. The van der Waals surface area contributed by atoms with E-state index in [0.717, 1.165) is 30.5 Å². The fraction of sp³-hybridized carbons (Fsp3) is 0.647. The van der Waals surface area contributed by atoms with Gasteiger partial charge >= 0.3 is 0 Å². The topological polar surface area (TPSA) is 88.0 Å². The van der Waals surface area contributed by atoms with E-state index in [0.29, 0.717) is 24.2 Å². The molecule has 0 unspecified atom stereocenters. The Morgan fingerprint density at radius 1 is 1.22 bits per heavy atom. The smallest absolute Gasteiger partial charge is 0.268 e. The highest BCUT2D eigenvalue weighted by atomic mass is 35.5. The molecule has 23 heavy (non-hydrogen) atoms. The molecule has 0 atom stereocenters. The molecule has 0 aliphatic heterocycles. The fourth-order valence-electron chi connectivity index (χ4n) is 2.69. The van der Waals surface area contributed by atoms with Crippen LogP contribution in [0.1, 0.15) is 79.1 Å². The molecule has 0 aliphatic carbocycles. The second kappa shape index (κ2) is 9.08. The third kappa shape index (κ3) is 5.08. The number of aryl methyl sites for hydroxylation is 1. The van der Waals surface area contributed by atoms with Crippen LogP contribution in [0.4, 0.5) is 0 Å². The molecule has 1 rings (SSSR count). The van der Waals surface area contributed by atoms with Crippen molar-refractivity contribution in [2.75, 3.05) is 6.54 Å². The average molecular weight is 344 g/mol. The van der Waals surface area contributed by atoms with Gasteiger partial charge in [0.05, 0.1) is 0 Å². The third-order valence-corrected chi connectivity index (χ3v) is 4.38. The van der Waals surface area contributed by atoms with Crippen LogP contribution in [0.15, 0.2) is 0 Å². The number of hydrogen-bond donors (Lipinski definition) is 3. The molecule has 1 aromatic heterocycles. The molecule has 1 aromatic rings. The number of hydrogen-bond acceptors (Lipinski definition) is 3. The SMILES string of the molecule is CCCc1c(C(=O)NCC(N)(CC)CC)[nH]c(C)c1C(C)=O.Cl. The number of aromatic nitrogens is 1. The summed E-state index contributed by atoms with van der Waals surface area (Å²) in [6.45, 7) is 9.87. The van der Waals surface area contributed by atoms with E-state index in [1.54, 1.807) is 0 Å². The van der Waals surface area contributed by atoms with Crippen molar-refractivity contribution in [3.05, 3.63) is 22.5 Å². The van der Waals surface area contributed by atoms with Gasteiger partial charge in [-0.05, 0) is 38.7 Å². The van der Waals surface area contributed by atoms with Crippen molar-refractivity contribution in [1.29, 1.82) is 0 Å². The maximum Gasteiger partial charge on any atom is 0.268 e. The number of amides is 1. The van der Waals surface area contributed by atoms with Crippen LogP contribution in [0.5, 0.6) is 0 Å². The van der Waals surface area contributed by atoms with E-state index < -0.39 is 0 Å². The second-order valence-corrected chi connectivity index (χ2v) is 6.04. The minimum absolute atomic E-state index is 0. The Morgan fingerprint density at radius 3 is 2.22 bits per heavy atom. The summed E-state index contributed by atoms with van der Waals surface area (Å²) in [7, 11) is 0. The summed E-state index contributed by atoms with van der Waals surface area (Å²) >= 11 is 0. The van der Waals surface area contributed by atoms with Crippen LogP contribution in [-0.4, -0.2) is 28.8 Å². The molecular formula is C17H30ClN3O2. The zero-order chi connectivity index (χ0) is 16.9. The third-order valence-electron chi connectivity index (χ3n) is 4.38. The predicted molar refractivity (Wildman–Crippen MR) is 96.6 cm³/mol. The van der Waals surface area contributed by atoms with E-state index in [9.17, 15) is 9.59 Å². The standard InChI is InChI=1S/C17H29N3O2.ClH/c1-6-9-13-14(12(5)21)11(4)20-15(13)16(22)19-10-17(18,7-2)8-3;/h20H,6-10,18H2,1-5H3,(H,19,22);1H. The van der Waals surface area contributed by atoms with Crippen molar-refractivity contribution >= 4 is 24.1 Å². The first-order valence-electron chi connectivity index (χ1n) is 8.09. The van der Waals surface area contributed by atoms with Gasteiger partial charge in [-0.3, -0.25) is 9.59 Å². The maximum atomic E-state index is 12.5. The molecule has 0 aliphatic rings. The Hall–Kier alpha value is -1.33. The van der Waals surface area contributed by atoms with Gasteiger partial charge in [0.15, 0.2) is 5.78 Å². The highest BCUT2D eigenvalue weighted by Crippen LogP contribution is 2.21. The molecule has 132 valence electrons. The van der Waals surface area contributed by atoms with Gasteiger partial charge in [0, 0.05) is 23.3 Å². The number of carbonyl (C=O) groups is 2. The second-order valence-electron chi connectivity index (χ2n) is 6.04. The van der Waals surface area contributed by atoms with Gasteiger partial charge in [0.2, 0.25) is 0 Å². The van der Waals surface area contributed by atoms with Crippen molar-refractivity contribution in [2.24, 2.45) is 5.73 Å². The average Bonchev–Trinajstić information content (AvgIpc) is 2.81. The summed E-state index contributed by atoms with van der Waals surface area (Å²) in [5.41, 5.74) is 8.57. The van der Waals surface area contributed by atoms with Crippen molar-refractivity contribution in [3.8, 4) is 0 Å². The summed E-state index contributed by atoms with van der Waals surface area (Å²) in [6.07, 6.45) is 3.18. The number of ketones is 1. The van der Waals surface area contributed by atoms with E-state index in [1.807, 2.05) is 27.7 Å². The van der Waals surface area contributed by atoms with Crippen LogP contribution in [0.3, 0.4) is 0 Å². The number of rotatable bonds is 8. The highest BCUT2D eigenvalue weighted by molar-refractivity contribution is 6.02.